The van der Waals surface area contributed by atoms with Crippen molar-refractivity contribution in [2.45, 2.75) is 96.6 Å². The predicted octanol–water partition coefficient (Wildman–Crippen LogP) is 2.79. The van der Waals surface area contributed by atoms with Crippen molar-refractivity contribution in [2.75, 3.05) is 18.4 Å². The van der Waals surface area contributed by atoms with Crippen molar-refractivity contribution in [3.05, 3.63) is 29.3 Å². The zero-order valence-electron chi connectivity index (χ0n) is 25.0. The molecule has 13 nitrogen and oxygen atoms in total. The molecule has 13 heteroatoms. The normalized spacial score (nSPS) is 16.4. The van der Waals surface area contributed by atoms with E-state index >= 15 is 0 Å². The Kier molecular flexibility index (Phi) is 11.8. The highest BCUT2D eigenvalue weighted by Gasteiger charge is 2.45. The van der Waals surface area contributed by atoms with Crippen molar-refractivity contribution < 1.29 is 38.3 Å². The van der Waals surface area contributed by atoms with E-state index in [9.17, 15) is 33.6 Å². The van der Waals surface area contributed by atoms with E-state index in [2.05, 4.69) is 21.3 Å². The highest BCUT2D eigenvalue weighted by atomic mass is 16.6. The van der Waals surface area contributed by atoms with Crippen LogP contribution in [0, 0.1) is 0 Å². The first-order valence-electron chi connectivity index (χ1n) is 14.8. The minimum atomic E-state index is -1.09. The van der Waals surface area contributed by atoms with Gasteiger partial charge in [-0.2, -0.15) is 0 Å². The number of rotatable bonds is 14. The lowest BCUT2D eigenvalue weighted by Gasteiger charge is -2.27. The Hall–Kier alpha value is -4.29. The van der Waals surface area contributed by atoms with Gasteiger partial charge in [-0.05, 0) is 65.0 Å². The average Bonchev–Trinajstić information content (AvgIpc) is 3.17. The lowest BCUT2D eigenvalue weighted by atomic mass is 10.0. The molecule has 0 aliphatic carbocycles. The molecule has 1 saturated heterocycles. The number of piperidine rings is 1. The molecule has 1 unspecified atom stereocenters. The number of amides is 7. The third kappa shape index (κ3) is 9.90. The Morgan fingerprint density at radius 1 is 0.884 bits per heavy atom. The van der Waals surface area contributed by atoms with Crippen LogP contribution in [0.2, 0.25) is 0 Å². The highest BCUT2D eigenvalue weighted by molar-refractivity contribution is 6.26. The molecule has 4 N–H and O–H groups in total. The summed E-state index contributed by atoms with van der Waals surface area (Å²) in [6.45, 7) is 6.53. The summed E-state index contributed by atoms with van der Waals surface area (Å²) < 4.78 is 5.18. The molecule has 0 radical (unpaired) electrons. The number of hydrogen-bond acceptors (Lipinski definition) is 8. The number of benzene rings is 1. The number of alkyl carbamates (subject to hydrolysis) is 1. The maximum Gasteiger partial charge on any atom is 0.407 e. The van der Waals surface area contributed by atoms with Crippen molar-refractivity contribution >= 4 is 47.2 Å². The van der Waals surface area contributed by atoms with E-state index in [1.807, 2.05) is 20.8 Å². The predicted molar refractivity (Wildman–Crippen MR) is 156 cm³/mol. The molecule has 1 aromatic carbocycles. The summed E-state index contributed by atoms with van der Waals surface area (Å²) in [5.41, 5.74) is -0.244. The maximum absolute atomic E-state index is 13.1. The third-order valence-corrected chi connectivity index (χ3v) is 6.89. The van der Waals surface area contributed by atoms with Crippen LogP contribution in [0.3, 0.4) is 0 Å². The largest absolute Gasteiger partial charge is 0.444 e. The highest BCUT2D eigenvalue weighted by Crippen LogP contribution is 2.32. The molecule has 7 amide bonds. The smallest absolute Gasteiger partial charge is 0.407 e. The van der Waals surface area contributed by atoms with Crippen molar-refractivity contribution in [1.82, 2.24) is 20.9 Å². The van der Waals surface area contributed by atoms with Crippen LogP contribution >= 0.6 is 0 Å². The number of imide groups is 2. The zero-order chi connectivity index (χ0) is 31.6. The Balaban J connectivity index is 1.31. The molecule has 234 valence electrons. The topological polar surface area (TPSA) is 180 Å². The number of unbranched alkanes of at least 4 members (excludes halogenated alkanes) is 4. The summed E-state index contributed by atoms with van der Waals surface area (Å²) in [5.74, 6) is -2.96. The molecule has 1 fully saturated rings. The van der Waals surface area contributed by atoms with Gasteiger partial charge in [0, 0.05) is 32.4 Å². The Bertz CT molecular complexity index is 1260. The molecule has 0 spiro atoms. The second kappa shape index (κ2) is 15.3. The maximum atomic E-state index is 13.1. The van der Waals surface area contributed by atoms with Crippen molar-refractivity contribution in [3.8, 4) is 0 Å². The molecule has 43 heavy (non-hydrogen) atoms. The summed E-state index contributed by atoms with van der Waals surface area (Å²) in [4.78, 5) is 86.9. The molecular weight excluding hydrogens is 558 g/mol. The second-order valence-electron chi connectivity index (χ2n) is 11.6. The van der Waals surface area contributed by atoms with Gasteiger partial charge in [0.15, 0.2) is 0 Å². The molecule has 2 aliphatic heterocycles. The van der Waals surface area contributed by atoms with Gasteiger partial charge in [0.25, 0.3) is 11.8 Å². The Labute approximate surface area is 250 Å². The summed E-state index contributed by atoms with van der Waals surface area (Å²) in [7, 11) is 0. The van der Waals surface area contributed by atoms with Crippen LogP contribution in [0.25, 0.3) is 0 Å². The van der Waals surface area contributed by atoms with E-state index in [0.717, 1.165) is 30.6 Å². The zero-order valence-corrected chi connectivity index (χ0v) is 25.0. The van der Waals surface area contributed by atoms with Crippen LogP contribution < -0.4 is 21.3 Å². The lowest BCUT2D eigenvalue weighted by molar-refractivity contribution is -0.136. The van der Waals surface area contributed by atoms with E-state index < -0.39 is 41.4 Å². The molecule has 2 aliphatic rings. The van der Waals surface area contributed by atoms with Gasteiger partial charge in [0.1, 0.15) is 11.6 Å². The Morgan fingerprint density at radius 2 is 1.53 bits per heavy atom. The number of fused-ring (bicyclic) bond motifs is 1. The van der Waals surface area contributed by atoms with Gasteiger partial charge in [0.2, 0.25) is 23.6 Å². The summed E-state index contributed by atoms with van der Waals surface area (Å²) in [5, 5.41) is 10.4. The van der Waals surface area contributed by atoms with Gasteiger partial charge in [-0.25, -0.2) is 4.79 Å². The minimum absolute atomic E-state index is 0.0159. The number of ether oxygens (including phenoxy) is 1. The van der Waals surface area contributed by atoms with Crippen LogP contribution in [0.4, 0.5) is 10.5 Å². The van der Waals surface area contributed by atoms with Gasteiger partial charge in [-0.1, -0.05) is 18.9 Å². The monoisotopic (exact) mass is 599 g/mol. The number of carbonyl (C=O) groups is 7. The molecule has 0 bridgehead atoms. The first-order valence-corrected chi connectivity index (χ1v) is 14.8. The second-order valence-corrected chi connectivity index (χ2v) is 11.6. The first kappa shape index (κ1) is 33.2. The van der Waals surface area contributed by atoms with Gasteiger partial charge >= 0.3 is 6.09 Å². The number of hydrogen-bond donors (Lipinski definition) is 4. The van der Waals surface area contributed by atoms with E-state index in [-0.39, 0.29) is 54.3 Å². The minimum Gasteiger partial charge on any atom is -0.444 e. The van der Waals surface area contributed by atoms with Crippen molar-refractivity contribution in [1.29, 1.82) is 0 Å². The van der Waals surface area contributed by atoms with E-state index in [0.29, 0.717) is 25.9 Å². The van der Waals surface area contributed by atoms with Gasteiger partial charge in [-0.15, -0.1) is 0 Å². The van der Waals surface area contributed by atoms with E-state index in [1.54, 1.807) is 6.07 Å². The van der Waals surface area contributed by atoms with Gasteiger partial charge < -0.3 is 20.7 Å². The van der Waals surface area contributed by atoms with Gasteiger partial charge in [0.05, 0.1) is 16.8 Å². The molecule has 3 rings (SSSR count). The molecular formula is C30H41N5O8. The van der Waals surface area contributed by atoms with Crippen LogP contribution in [0.1, 0.15) is 106 Å². The molecule has 0 aromatic heterocycles. The summed E-state index contributed by atoms with van der Waals surface area (Å²) in [6, 6.07) is 3.42. The SMILES string of the molecule is CC(C)(C)OC(=O)NCCCCCCNC(=O)CCCCC(=O)Nc1cccc2c1C(=O)N(C1CCC(=O)NC1=O)C2=O. The first-order chi connectivity index (χ1) is 20.4. The molecule has 0 saturated carbocycles. The number of carbonyl (C=O) groups excluding carboxylic acids is 7. The van der Waals surface area contributed by atoms with Crippen LogP contribution in [0.5, 0.6) is 0 Å². The quantitative estimate of drug-likeness (QED) is 0.186. The van der Waals surface area contributed by atoms with Crippen LogP contribution in [0.15, 0.2) is 18.2 Å². The van der Waals surface area contributed by atoms with Crippen molar-refractivity contribution in [3.63, 3.8) is 0 Å². The molecule has 2 heterocycles. The fourth-order valence-corrected chi connectivity index (χ4v) is 4.83. The third-order valence-electron chi connectivity index (χ3n) is 6.89. The summed E-state index contributed by atoms with van der Waals surface area (Å²) in [6.07, 6.45) is 4.47. The molecule has 1 atom stereocenters. The number of nitrogens with zero attached hydrogens (tertiary/aromatic N) is 1. The standard InChI is InChI=1S/C30H41N5O8/c1-30(2,3)43-29(42)32-18-9-5-4-8-17-31-22(36)13-6-7-14-23(37)33-20-12-10-11-19-25(20)28(41)35(27(19)40)21-15-16-24(38)34-26(21)39/h10-12,21H,4-9,13-18H2,1-3H3,(H,31,36)(H,32,42)(H,33,37)(H,34,38,39). The molecule has 1 aromatic rings. The van der Waals surface area contributed by atoms with Crippen molar-refractivity contribution in [2.24, 2.45) is 0 Å². The fraction of sp³-hybridized carbons (Fsp3) is 0.567. The van der Waals surface area contributed by atoms with Gasteiger partial charge in [-0.3, -0.25) is 39.0 Å². The van der Waals surface area contributed by atoms with Crippen LogP contribution in [-0.2, 0) is 23.9 Å². The lowest BCUT2D eigenvalue weighted by Crippen LogP contribution is -2.54. The average molecular weight is 600 g/mol. The fourth-order valence-electron chi connectivity index (χ4n) is 4.83. The summed E-state index contributed by atoms with van der Waals surface area (Å²) >= 11 is 0. The number of nitrogens with one attached hydrogen (secondary N) is 4. The Morgan fingerprint density at radius 3 is 2.19 bits per heavy atom. The van der Waals surface area contributed by atoms with E-state index in [4.69, 9.17) is 4.74 Å². The van der Waals surface area contributed by atoms with E-state index in [1.165, 1.54) is 12.1 Å². The number of anilines is 1. The van der Waals surface area contributed by atoms with Crippen LogP contribution in [-0.4, -0.2) is 71.2 Å².